The van der Waals surface area contributed by atoms with Crippen LogP contribution in [-0.2, 0) is 14.3 Å². The number of ether oxygens (including phenoxy) is 2. The van der Waals surface area contributed by atoms with Crippen LogP contribution in [0.4, 0.5) is 5.69 Å². The summed E-state index contributed by atoms with van der Waals surface area (Å²) in [6, 6.07) is 14.9. The van der Waals surface area contributed by atoms with Gasteiger partial charge >= 0.3 is 5.97 Å². The smallest absolute Gasteiger partial charge is 0.331 e. The summed E-state index contributed by atoms with van der Waals surface area (Å²) >= 11 is 0. The Morgan fingerprint density at radius 3 is 2.62 bits per heavy atom. The van der Waals surface area contributed by atoms with E-state index >= 15 is 0 Å². The molecule has 2 aromatic rings. The number of carbonyl (C=O) groups is 2. The lowest BCUT2D eigenvalue weighted by Crippen LogP contribution is -2.20. The van der Waals surface area contributed by atoms with E-state index in [4.69, 9.17) is 9.47 Å². The standard InChI is InChI=1S/C21H23NO4/c1-15(2)17-7-5-8-18(13-17)22-20(23)14-26-21(24)11-10-16-6-4-9-19(12-16)25-3/h4-13,15H,14H2,1-3H3,(H,22,23)/b11-10+. The Bertz CT molecular complexity index is 796. The molecule has 0 heterocycles. The first-order chi connectivity index (χ1) is 12.5. The van der Waals surface area contributed by atoms with Gasteiger partial charge in [-0.15, -0.1) is 0 Å². The van der Waals surface area contributed by atoms with Gasteiger partial charge < -0.3 is 14.8 Å². The number of nitrogens with one attached hydrogen (secondary N) is 1. The molecule has 0 unspecified atom stereocenters. The van der Waals surface area contributed by atoms with E-state index < -0.39 is 5.97 Å². The zero-order valence-electron chi connectivity index (χ0n) is 15.2. The molecular formula is C21H23NO4. The quantitative estimate of drug-likeness (QED) is 0.603. The summed E-state index contributed by atoms with van der Waals surface area (Å²) in [6.45, 7) is 3.82. The number of anilines is 1. The van der Waals surface area contributed by atoms with E-state index in [0.717, 1.165) is 11.1 Å². The third kappa shape index (κ3) is 6.09. The second kappa shape index (κ2) is 9.42. The molecule has 2 rings (SSSR count). The Hall–Kier alpha value is -3.08. The van der Waals surface area contributed by atoms with Crippen molar-refractivity contribution in [2.24, 2.45) is 0 Å². The van der Waals surface area contributed by atoms with E-state index in [1.54, 1.807) is 25.3 Å². The van der Waals surface area contributed by atoms with Crippen molar-refractivity contribution in [2.45, 2.75) is 19.8 Å². The predicted octanol–water partition coefficient (Wildman–Crippen LogP) is 4.01. The molecule has 0 atom stereocenters. The zero-order valence-corrected chi connectivity index (χ0v) is 15.2. The van der Waals surface area contributed by atoms with E-state index in [1.165, 1.54) is 6.08 Å². The van der Waals surface area contributed by atoms with Crippen LogP contribution < -0.4 is 10.1 Å². The molecule has 2 aromatic carbocycles. The molecular weight excluding hydrogens is 330 g/mol. The van der Waals surface area contributed by atoms with Crippen LogP contribution in [0.3, 0.4) is 0 Å². The van der Waals surface area contributed by atoms with Gasteiger partial charge in [-0.3, -0.25) is 4.79 Å². The molecule has 0 saturated heterocycles. The number of methoxy groups -OCH3 is 1. The molecule has 0 radical (unpaired) electrons. The fraction of sp³-hybridized carbons (Fsp3) is 0.238. The van der Waals surface area contributed by atoms with Gasteiger partial charge in [-0.2, -0.15) is 0 Å². The van der Waals surface area contributed by atoms with Crippen molar-refractivity contribution in [3.05, 3.63) is 65.7 Å². The summed E-state index contributed by atoms with van der Waals surface area (Å²) in [7, 11) is 1.58. The number of rotatable bonds is 7. The van der Waals surface area contributed by atoms with Gasteiger partial charge in [0.1, 0.15) is 5.75 Å². The lowest BCUT2D eigenvalue weighted by Gasteiger charge is -2.09. The van der Waals surface area contributed by atoms with E-state index in [1.807, 2.05) is 36.4 Å². The van der Waals surface area contributed by atoms with Gasteiger partial charge in [0.2, 0.25) is 0 Å². The molecule has 0 saturated carbocycles. The highest BCUT2D eigenvalue weighted by Gasteiger charge is 2.07. The van der Waals surface area contributed by atoms with Crippen LogP contribution in [0.15, 0.2) is 54.6 Å². The molecule has 26 heavy (non-hydrogen) atoms. The van der Waals surface area contributed by atoms with Crippen molar-refractivity contribution < 1.29 is 19.1 Å². The minimum absolute atomic E-state index is 0.340. The lowest BCUT2D eigenvalue weighted by atomic mass is 10.0. The highest BCUT2D eigenvalue weighted by Crippen LogP contribution is 2.18. The molecule has 5 nitrogen and oxygen atoms in total. The monoisotopic (exact) mass is 353 g/mol. The SMILES string of the molecule is COc1cccc(/C=C/C(=O)OCC(=O)Nc2cccc(C(C)C)c2)c1. The topological polar surface area (TPSA) is 64.6 Å². The zero-order chi connectivity index (χ0) is 18.9. The fourth-order valence-electron chi connectivity index (χ4n) is 2.27. The number of hydrogen-bond acceptors (Lipinski definition) is 4. The third-order valence-corrected chi connectivity index (χ3v) is 3.69. The van der Waals surface area contributed by atoms with Crippen LogP contribution in [0.2, 0.25) is 0 Å². The normalized spacial score (nSPS) is 10.8. The molecule has 0 bridgehead atoms. The average Bonchev–Trinajstić information content (AvgIpc) is 2.65. The number of carbonyl (C=O) groups excluding carboxylic acids is 2. The molecule has 0 fully saturated rings. The van der Waals surface area contributed by atoms with Crippen molar-refractivity contribution in [1.29, 1.82) is 0 Å². The van der Waals surface area contributed by atoms with Gasteiger partial charge in [0.15, 0.2) is 6.61 Å². The second-order valence-electron chi connectivity index (χ2n) is 6.05. The summed E-state index contributed by atoms with van der Waals surface area (Å²) < 4.78 is 10.1. The molecule has 0 aliphatic rings. The van der Waals surface area contributed by atoms with E-state index in [9.17, 15) is 9.59 Å². The second-order valence-corrected chi connectivity index (χ2v) is 6.05. The number of amides is 1. The highest BCUT2D eigenvalue weighted by atomic mass is 16.5. The van der Waals surface area contributed by atoms with E-state index in [2.05, 4.69) is 19.2 Å². The van der Waals surface area contributed by atoms with Crippen molar-refractivity contribution in [1.82, 2.24) is 0 Å². The molecule has 0 spiro atoms. The van der Waals surface area contributed by atoms with Crippen LogP contribution >= 0.6 is 0 Å². The minimum atomic E-state index is -0.584. The summed E-state index contributed by atoms with van der Waals surface area (Å²) in [5, 5.41) is 2.72. The lowest BCUT2D eigenvalue weighted by molar-refractivity contribution is -0.142. The van der Waals surface area contributed by atoms with Gasteiger partial charge in [0, 0.05) is 11.8 Å². The van der Waals surface area contributed by atoms with Gasteiger partial charge in [0.25, 0.3) is 5.91 Å². The summed E-state index contributed by atoms with van der Waals surface area (Å²) in [5.41, 5.74) is 2.61. The van der Waals surface area contributed by atoms with Crippen LogP contribution in [0, 0.1) is 0 Å². The first kappa shape index (κ1) is 19.2. The maximum atomic E-state index is 11.9. The third-order valence-electron chi connectivity index (χ3n) is 3.69. The molecule has 1 amide bonds. The van der Waals surface area contributed by atoms with Crippen LogP contribution in [0.1, 0.15) is 30.9 Å². The van der Waals surface area contributed by atoms with Crippen LogP contribution in [-0.4, -0.2) is 25.6 Å². The Balaban J connectivity index is 1.83. The minimum Gasteiger partial charge on any atom is -0.497 e. The summed E-state index contributed by atoms with van der Waals surface area (Å²) in [6.07, 6.45) is 2.89. The van der Waals surface area contributed by atoms with Gasteiger partial charge in [0.05, 0.1) is 7.11 Å². The fourth-order valence-corrected chi connectivity index (χ4v) is 2.27. The maximum Gasteiger partial charge on any atom is 0.331 e. The summed E-state index contributed by atoms with van der Waals surface area (Å²) in [4.78, 5) is 23.7. The molecule has 0 aliphatic heterocycles. The van der Waals surface area contributed by atoms with Gasteiger partial charge in [-0.05, 0) is 47.4 Å². The van der Waals surface area contributed by atoms with E-state index in [0.29, 0.717) is 17.4 Å². The van der Waals surface area contributed by atoms with Crippen molar-refractivity contribution >= 4 is 23.6 Å². The summed E-state index contributed by atoms with van der Waals surface area (Å²) in [5.74, 6) is 0.0999. The van der Waals surface area contributed by atoms with Crippen LogP contribution in [0.25, 0.3) is 6.08 Å². The Labute approximate surface area is 153 Å². The maximum absolute atomic E-state index is 11.9. The number of esters is 1. The van der Waals surface area contributed by atoms with Crippen molar-refractivity contribution in [2.75, 3.05) is 19.0 Å². The van der Waals surface area contributed by atoms with Crippen molar-refractivity contribution in [3.8, 4) is 5.75 Å². The first-order valence-corrected chi connectivity index (χ1v) is 8.36. The van der Waals surface area contributed by atoms with Crippen LogP contribution in [0.5, 0.6) is 5.75 Å². The average molecular weight is 353 g/mol. The Morgan fingerprint density at radius 1 is 1.12 bits per heavy atom. The number of benzene rings is 2. The first-order valence-electron chi connectivity index (χ1n) is 8.36. The van der Waals surface area contributed by atoms with Gasteiger partial charge in [-0.25, -0.2) is 4.79 Å². The molecule has 5 heteroatoms. The Kier molecular flexibility index (Phi) is 6.97. The molecule has 136 valence electrons. The van der Waals surface area contributed by atoms with Crippen molar-refractivity contribution in [3.63, 3.8) is 0 Å². The molecule has 1 N–H and O–H groups in total. The largest absolute Gasteiger partial charge is 0.497 e. The highest BCUT2D eigenvalue weighted by molar-refractivity contribution is 5.94. The van der Waals surface area contributed by atoms with E-state index in [-0.39, 0.29) is 12.5 Å². The Morgan fingerprint density at radius 2 is 1.88 bits per heavy atom. The predicted molar refractivity (Wildman–Crippen MR) is 102 cm³/mol. The van der Waals surface area contributed by atoms with Gasteiger partial charge in [-0.1, -0.05) is 38.1 Å². The molecule has 0 aromatic heterocycles. The number of hydrogen-bond donors (Lipinski definition) is 1. The molecule has 0 aliphatic carbocycles.